The predicted molar refractivity (Wildman–Crippen MR) is 136 cm³/mol. The number of hydrogen-bond acceptors (Lipinski definition) is 4. The van der Waals surface area contributed by atoms with Gasteiger partial charge < -0.3 is 15.2 Å². The molecule has 6 heteroatoms. The molecule has 4 nitrogen and oxygen atoms in total. The number of aliphatic hydroxyl groups excluding tert-OH is 1. The van der Waals surface area contributed by atoms with Gasteiger partial charge in [0.25, 0.3) is 11.9 Å². The maximum atomic E-state index is 13.8. The lowest BCUT2D eigenvalue weighted by molar-refractivity contribution is -0.112. The van der Waals surface area contributed by atoms with Crippen molar-refractivity contribution in [1.82, 2.24) is 0 Å². The highest BCUT2D eigenvalue weighted by molar-refractivity contribution is 8.02. The van der Waals surface area contributed by atoms with Crippen LogP contribution in [0.25, 0.3) is 0 Å². The maximum absolute atomic E-state index is 13.8. The van der Waals surface area contributed by atoms with Crippen LogP contribution >= 0.6 is 11.8 Å². The van der Waals surface area contributed by atoms with Gasteiger partial charge in [0.05, 0.1) is 6.61 Å². The first-order chi connectivity index (χ1) is 15.0. The van der Waals surface area contributed by atoms with Crippen LogP contribution in [0.3, 0.4) is 0 Å². The van der Waals surface area contributed by atoms with Crippen LogP contribution in [0, 0.1) is 25.6 Å². The number of carbonyl (C=O) groups is 1. The Hall–Kier alpha value is -2.73. The summed E-state index contributed by atoms with van der Waals surface area (Å²) in [4.78, 5) is 13.3. The fraction of sp³-hybridized carbons (Fsp3) is 0.346. The number of halogens is 1. The molecule has 0 saturated carbocycles. The summed E-state index contributed by atoms with van der Waals surface area (Å²) in [5.41, 5.74) is 3.28. The Bertz CT molecular complexity index is 864. The van der Waals surface area contributed by atoms with Crippen molar-refractivity contribution in [3.63, 3.8) is 0 Å². The first-order valence-electron chi connectivity index (χ1n) is 10.2. The highest BCUT2D eigenvalue weighted by Crippen LogP contribution is 2.23. The molecule has 1 unspecified atom stereocenters. The van der Waals surface area contributed by atoms with Crippen molar-refractivity contribution in [2.24, 2.45) is 5.92 Å². The van der Waals surface area contributed by atoms with E-state index in [1.165, 1.54) is 17.8 Å². The number of anilines is 1. The third kappa shape index (κ3) is 11.0. The zero-order chi connectivity index (χ0) is 24.8. The number of amides is 1. The van der Waals surface area contributed by atoms with Crippen molar-refractivity contribution in [2.75, 3.05) is 18.2 Å². The van der Waals surface area contributed by atoms with Gasteiger partial charge in [0.2, 0.25) is 0 Å². The van der Waals surface area contributed by atoms with E-state index in [1.54, 1.807) is 32.1 Å². The monoisotopic (exact) mass is 461 g/mol. The van der Waals surface area contributed by atoms with E-state index in [9.17, 15) is 9.18 Å². The molecule has 1 amide bonds. The molecule has 1 aromatic carbocycles. The number of thioether (sulfide) groups is 1. The summed E-state index contributed by atoms with van der Waals surface area (Å²) in [5, 5.41) is 11.3. The molecule has 32 heavy (non-hydrogen) atoms. The Balaban J connectivity index is 0.000000809. The molecule has 0 aromatic heterocycles. The number of aryl methyl sites for hydroxylation is 1. The van der Waals surface area contributed by atoms with Crippen molar-refractivity contribution < 1.29 is 19.0 Å². The summed E-state index contributed by atoms with van der Waals surface area (Å²) in [7, 11) is 0. The zero-order valence-corrected chi connectivity index (χ0v) is 20.9. The van der Waals surface area contributed by atoms with Gasteiger partial charge in [-0.1, -0.05) is 25.7 Å². The molecule has 1 atom stereocenters. The van der Waals surface area contributed by atoms with Gasteiger partial charge in [-0.2, -0.15) is 0 Å². The van der Waals surface area contributed by atoms with Crippen LogP contribution in [0.2, 0.25) is 0 Å². The second-order valence-corrected chi connectivity index (χ2v) is 8.27. The minimum absolute atomic E-state index is 0.212. The van der Waals surface area contributed by atoms with Crippen LogP contribution < -0.4 is 5.32 Å². The van der Waals surface area contributed by atoms with Gasteiger partial charge in [-0.3, -0.25) is 4.79 Å². The number of rotatable bonds is 10. The van der Waals surface area contributed by atoms with Gasteiger partial charge in [-0.15, -0.1) is 18.3 Å². The quantitative estimate of drug-likeness (QED) is 0.165. The van der Waals surface area contributed by atoms with Gasteiger partial charge in [0.15, 0.2) is 0 Å². The van der Waals surface area contributed by atoms with Gasteiger partial charge >= 0.3 is 0 Å². The third-order valence-electron chi connectivity index (χ3n) is 4.47. The first-order valence-corrected chi connectivity index (χ1v) is 11.5. The van der Waals surface area contributed by atoms with E-state index in [0.29, 0.717) is 29.3 Å². The summed E-state index contributed by atoms with van der Waals surface area (Å²) < 4.78 is 18.5. The lowest BCUT2D eigenvalue weighted by Crippen LogP contribution is -2.14. The molecule has 0 bridgehead atoms. The number of allylic oxidation sites excluding steroid dienone is 3. The molecule has 0 heterocycles. The Morgan fingerprint density at radius 3 is 2.41 bits per heavy atom. The molecular formula is C26H36FNO3S. The van der Waals surface area contributed by atoms with Gasteiger partial charge in [0.1, 0.15) is 5.82 Å². The normalized spacial score (nSPS) is 12.2. The number of aliphatic hydroxyl groups is 1. The van der Waals surface area contributed by atoms with Crippen LogP contribution in [0.15, 0.2) is 72.1 Å². The summed E-state index contributed by atoms with van der Waals surface area (Å²) in [6.45, 7) is 20.4. The number of benzene rings is 1. The van der Waals surface area contributed by atoms with E-state index in [-0.39, 0.29) is 17.7 Å². The first kappa shape index (κ1) is 29.3. The van der Waals surface area contributed by atoms with Crippen LogP contribution in [0.1, 0.15) is 38.3 Å². The van der Waals surface area contributed by atoms with E-state index < -0.39 is 0 Å². The summed E-state index contributed by atoms with van der Waals surface area (Å²) in [5.74, 6) is -0.408. The van der Waals surface area contributed by atoms with E-state index in [0.717, 1.165) is 22.5 Å². The smallest absolute Gasteiger partial charge is 0.269 e. The highest BCUT2D eigenvalue weighted by Gasteiger charge is 2.11. The lowest BCUT2D eigenvalue weighted by Gasteiger charge is -2.10. The van der Waals surface area contributed by atoms with Crippen molar-refractivity contribution in [3.05, 3.63) is 89.0 Å². The van der Waals surface area contributed by atoms with Crippen molar-refractivity contribution >= 4 is 23.4 Å². The Morgan fingerprint density at radius 1 is 1.34 bits per heavy atom. The summed E-state index contributed by atoms with van der Waals surface area (Å²) in [6.07, 6.45) is 8.18. The minimum Gasteiger partial charge on any atom is -0.481 e. The average molecular weight is 462 g/mol. The molecular weight excluding hydrogens is 425 g/mol. The topological polar surface area (TPSA) is 58.6 Å². The van der Waals surface area contributed by atoms with Crippen LogP contribution in [-0.2, 0) is 9.53 Å². The van der Waals surface area contributed by atoms with Gasteiger partial charge in [0, 0.05) is 16.2 Å². The predicted octanol–water partition coefficient (Wildman–Crippen LogP) is 7.39. The largest absolute Gasteiger partial charge is 0.481 e. The third-order valence-corrected chi connectivity index (χ3v) is 5.37. The molecule has 0 radical (unpaired) electrons. The summed E-state index contributed by atoms with van der Waals surface area (Å²) in [6, 6.07) is 3.10. The van der Waals surface area contributed by atoms with Crippen LogP contribution in [0.4, 0.5) is 10.1 Å². The van der Waals surface area contributed by atoms with E-state index in [1.807, 2.05) is 33.1 Å². The molecule has 1 rings (SSSR count). The number of nitrogens with one attached hydrogen (secondary N) is 1. The van der Waals surface area contributed by atoms with E-state index in [2.05, 4.69) is 25.1 Å². The van der Waals surface area contributed by atoms with Crippen LogP contribution in [-0.4, -0.2) is 23.9 Å². The van der Waals surface area contributed by atoms with E-state index >= 15 is 0 Å². The fourth-order valence-electron chi connectivity index (χ4n) is 2.46. The number of hydrogen-bond donors (Lipinski definition) is 2. The molecule has 176 valence electrons. The Labute approximate surface area is 196 Å². The average Bonchev–Trinajstić information content (AvgIpc) is 2.71. The molecule has 2 N–H and O–H groups in total. The van der Waals surface area contributed by atoms with Crippen molar-refractivity contribution in [1.29, 1.82) is 0 Å². The molecule has 0 fully saturated rings. The number of carbonyl (C=O) groups excluding carboxylic acids is 1. The van der Waals surface area contributed by atoms with Crippen molar-refractivity contribution in [2.45, 2.75) is 41.0 Å². The van der Waals surface area contributed by atoms with Gasteiger partial charge in [-0.25, -0.2) is 4.39 Å². The second kappa shape index (κ2) is 15.1. The molecule has 0 aliphatic heterocycles. The highest BCUT2D eigenvalue weighted by atomic mass is 32.2. The SMILES string of the molecule is C=C(C)/C(=C\C(=C/C)C(=O)Nc1cc(C)c(C)c(F)c1)SC.C=CCC(C)COC(=C)O. The van der Waals surface area contributed by atoms with Crippen molar-refractivity contribution in [3.8, 4) is 0 Å². The molecule has 0 saturated heterocycles. The van der Waals surface area contributed by atoms with E-state index in [4.69, 9.17) is 9.84 Å². The second-order valence-electron chi connectivity index (χ2n) is 7.43. The lowest BCUT2D eigenvalue weighted by atomic mass is 10.1. The molecule has 1 aromatic rings. The summed E-state index contributed by atoms with van der Waals surface area (Å²) >= 11 is 1.53. The number of ether oxygens (including phenoxy) is 1. The zero-order valence-electron chi connectivity index (χ0n) is 20.0. The Morgan fingerprint density at radius 2 is 1.97 bits per heavy atom. The minimum atomic E-state index is -0.320. The molecule has 0 aliphatic carbocycles. The van der Waals surface area contributed by atoms with Gasteiger partial charge in [-0.05, 0) is 87.8 Å². The maximum Gasteiger partial charge on any atom is 0.269 e. The Kier molecular flexibility index (Phi) is 13.8. The molecule has 0 aliphatic rings. The molecule has 0 spiro atoms. The standard InChI is InChI=1S/C18H22FNOS.C8H14O2/c1-7-14(9-17(22-6)11(2)3)18(21)20-15-8-12(4)13(5)16(19)10-15;1-4-5-7(2)6-10-8(3)9/h7-10H,2H2,1,3-6H3,(H,20,21);4,7,9H,1,3,5-6H2,2H3/b14-7+,17-9+;. The van der Waals surface area contributed by atoms with Crippen LogP contribution in [0.5, 0.6) is 0 Å². The fourth-order valence-corrected chi connectivity index (χ4v) is 3.05.